The molecule has 0 bridgehead atoms. The standard InChI is InChI=1S/C6H10O3S/c1-9-6(10)4-2-3-5(7)8/h2-4H2,1H3,(H,7,8). The van der Waals surface area contributed by atoms with Crippen molar-refractivity contribution >= 4 is 23.2 Å². The summed E-state index contributed by atoms with van der Waals surface area (Å²) in [4.78, 5) is 9.99. The molecule has 0 radical (unpaired) electrons. The second-order valence-corrected chi connectivity index (χ2v) is 2.28. The van der Waals surface area contributed by atoms with Crippen LogP contribution in [-0.2, 0) is 9.53 Å². The first-order valence-corrected chi connectivity index (χ1v) is 3.36. The zero-order valence-electron chi connectivity index (χ0n) is 5.79. The zero-order valence-corrected chi connectivity index (χ0v) is 6.61. The van der Waals surface area contributed by atoms with Crippen LogP contribution in [0.2, 0.25) is 0 Å². The minimum absolute atomic E-state index is 0.156. The number of methoxy groups -OCH3 is 1. The first-order chi connectivity index (χ1) is 4.66. The van der Waals surface area contributed by atoms with E-state index >= 15 is 0 Å². The van der Waals surface area contributed by atoms with E-state index in [-0.39, 0.29) is 6.42 Å². The van der Waals surface area contributed by atoms with Gasteiger partial charge in [-0.1, -0.05) is 0 Å². The summed E-state index contributed by atoms with van der Waals surface area (Å²) in [5, 5.41) is 8.69. The fourth-order valence-electron chi connectivity index (χ4n) is 0.486. The SMILES string of the molecule is COC(=S)CCCC(=O)O. The number of carboxylic acid groups (broad SMARTS) is 1. The Bertz CT molecular complexity index is 133. The Balaban J connectivity index is 3.20. The number of ether oxygens (including phenoxy) is 1. The van der Waals surface area contributed by atoms with Crippen LogP contribution in [0, 0.1) is 0 Å². The van der Waals surface area contributed by atoms with Crippen LogP contribution >= 0.6 is 12.2 Å². The minimum Gasteiger partial charge on any atom is -0.490 e. The lowest BCUT2D eigenvalue weighted by atomic mass is 10.2. The largest absolute Gasteiger partial charge is 0.490 e. The van der Waals surface area contributed by atoms with Crippen molar-refractivity contribution in [2.45, 2.75) is 19.3 Å². The zero-order chi connectivity index (χ0) is 7.98. The van der Waals surface area contributed by atoms with Gasteiger partial charge in [0.05, 0.1) is 7.11 Å². The fraction of sp³-hybridized carbons (Fsp3) is 0.667. The lowest BCUT2D eigenvalue weighted by molar-refractivity contribution is -0.137. The molecule has 0 spiro atoms. The topological polar surface area (TPSA) is 46.5 Å². The summed E-state index contributed by atoms with van der Waals surface area (Å²) in [7, 11) is 1.49. The highest BCUT2D eigenvalue weighted by molar-refractivity contribution is 7.80. The molecule has 0 aliphatic carbocycles. The van der Waals surface area contributed by atoms with Gasteiger partial charge >= 0.3 is 5.97 Å². The number of carboxylic acids is 1. The molecule has 0 aromatic heterocycles. The Hall–Kier alpha value is -0.640. The summed E-state index contributed by atoms with van der Waals surface area (Å²) < 4.78 is 4.67. The summed E-state index contributed by atoms with van der Waals surface area (Å²) in [5.41, 5.74) is 0. The molecule has 4 heteroatoms. The van der Waals surface area contributed by atoms with Gasteiger partial charge in [0.1, 0.15) is 0 Å². The molecule has 0 saturated carbocycles. The van der Waals surface area contributed by atoms with Gasteiger partial charge in [-0.15, -0.1) is 0 Å². The third kappa shape index (κ3) is 5.50. The Morgan fingerprint density at radius 1 is 1.60 bits per heavy atom. The lowest BCUT2D eigenvalue weighted by Crippen LogP contribution is -2.00. The van der Waals surface area contributed by atoms with Gasteiger partial charge in [0, 0.05) is 12.8 Å². The van der Waals surface area contributed by atoms with Crippen molar-refractivity contribution in [3.63, 3.8) is 0 Å². The molecule has 0 aromatic carbocycles. The number of carbonyl (C=O) groups is 1. The molecule has 3 nitrogen and oxygen atoms in total. The maximum atomic E-state index is 9.99. The van der Waals surface area contributed by atoms with E-state index in [0.717, 1.165) is 0 Å². The molecule has 1 N–H and O–H groups in total. The molecule has 0 fully saturated rings. The predicted octanol–water partition coefficient (Wildman–Crippen LogP) is 1.22. The van der Waals surface area contributed by atoms with E-state index in [9.17, 15) is 4.79 Å². The van der Waals surface area contributed by atoms with Gasteiger partial charge in [0.25, 0.3) is 0 Å². The predicted molar refractivity (Wildman–Crippen MR) is 41.1 cm³/mol. The molecular weight excluding hydrogens is 152 g/mol. The second-order valence-electron chi connectivity index (χ2n) is 1.82. The summed E-state index contributed by atoms with van der Waals surface area (Å²) in [5.74, 6) is -0.793. The molecule has 0 aromatic rings. The number of hydrogen-bond donors (Lipinski definition) is 1. The highest BCUT2D eigenvalue weighted by Gasteiger charge is 1.98. The Morgan fingerprint density at radius 2 is 2.20 bits per heavy atom. The summed E-state index contributed by atoms with van der Waals surface area (Å²) in [6, 6.07) is 0. The van der Waals surface area contributed by atoms with E-state index in [0.29, 0.717) is 17.9 Å². The van der Waals surface area contributed by atoms with Crippen molar-refractivity contribution in [3.05, 3.63) is 0 Å². The first-order valence-electron chi connectivity index (χ1n) is 2.95. The maximum absolute atomic E-state index is 9.99. The van der Waals surface area contributed by atoms with Gasteiger partial charge < -0.3 is 9.84 Å². The number of aliphatic carboxylic acids is 1. The third-order valence-electron chi connectivity index (χ3n) is 0.999. The highest BCUT2D eigenvalue weighted by Crippen LogP contribution is 1.97. The average Bonchev–Trinajstić information content (AvgIpc) is 1.87. The van der Waals surface area contributed by atoms with Crippen LogP contribution in [0.3, 0.4) is 0 Å². The molecule has 58 valence electrons. The minimum atomic E-state index is -0.793. The van der Waals surface area contributed by atoms with E-state index in [1.54, 1.807) is 0 Å². The van der Waals surface area contributed by atoms with Crippen LogP contribution in [0.4, 0.5) is 0 Å². The number of rotatable bonds is 4. The molecule has 0 atom stereocenters. The van der Waals surface area contributed by atoms with Crippen molar-refractivity contribution in [1.29, 1.82) is 0 Å². The first kappa shape index (κ1) is 9.36. The van der Waals surface area contributed by atoms with Gasteiger partial charge in [0.15, 0.2) is 5.05 Å². The number of hydrogen-bond acceptors (Lipinski definition) is 3. The monoisotopic (exact) mass is 162 g/mol. The molecule has 0 unspecified atom stereocenters. The third-order valence-corrected chi connectivity index (χ3v) is 1.37. The summed E-state index contributed by atoms with van der Waals surface area (Å²) >= 11 is 4.69. The van der Waals surface area contributed by atoms with Crippen molar-refractivity contribution in [2.75, 3.05) is 7.11 Å². The fourth-order valence-corrected chi connectivity index (χ4v) is 0.630. The van der Waals surface area contributed by atoms with Crippen molar-refractivity contribution < 1.29 is 14.6 Å². The van der Waals surface area contributed by atoms with E-state index in [1.165, 1.54) is 7.11 Å². The van der Waals surface area contributed by atoms with Crippen LogP contribution in [-0.4, -0.2) is 23.2 Å². The van der Waals surface area contributed by atoms with E-state index in [4.69, 9.17) is 17.3 Å². The van der Waals surface area contributed by atoms with Gasteiger partial charge in [-0.05, 0) is 18.6 Å². The van der Waals surface area contributed by atoms with Gasteiger partial charge in [-0.25, -0.2) is 0 Å². The van der Waals surface area contributed by atoms with Crippen LogP contribution in [0.25, 0.3) is 0 Å². The Labute approximate surface area is 65.0 Å². The van der Waals surface area contributed by atoms with Crippen molar-refractivity contribution in [2.24, 2.45) is 0 Å². The molecule has 0 aliphatic heterocycles. The molecule has 0 rings (SSSR count). The van der Waals surface area contributed by atoms with Crippen LogP contribution in [0.5, 0.6) is 0 Å². The smallest absolute Gasteiger partial charge is 0.303 e. The Kier molecular flexibility index (Phi) is 4.84. The number of thiocarbonyl (C=S) groups is 1. The molecule has 0 amide bonds. The van der Waals surface area contributed by atoms with Crippen LogP contribution in [0.1, 0.15) is 19.3 Å². The molecule has 0 heterocycles. The second kappa shape index (κ2) is 5.17. The van der Waals surface area contributed by atoms with Gasteiger partial charge in [-0.3, -0.25) is 4.79 Å². The van der Waals surface area contributed by atoms with E-state index < -0.39 is 5.97 Å². The average molecular weight is 162 g/mol. The highest BCUT2D eigenvalue weighted by atomic mass is 32.1. The summed E-state index contributed by atoms with van der Waals surface area (Å²) in [6.07, 6.45) is 1.27. The molecular formula is C6H10O3S. The Morgan fingerprint density at radius 3 is 2.60 bits per heavy atom. The maximum Gasteiger partial charge on any atom is 0.303 e. The van der Waals surface area contributed by atoms with Crippen LogP contribution < -0.4 is 0 Å². The van der Waals surface area contributed by atoms with Gasteiger partial charge in [-0.2, -0.15) is 0 Å². The summed E-state index contributed by atoms with van der Waals surface area (Å²) in [6.45, 7) is 0. The van der Waals surface area contributed by atoms with Crippen LogP contribution in [0.15, 0.2) is 0 Å². The molecule has 0 aliphatic rings. The molecule has 0 saturated heterocycles. The van der Waals surface area contributed by atoms with Crippen molar-refractivity contribution in [1.82, 2.24) is 0 Å². The van der Waals surface area contributed by atoms with E-state index in [1.807, 2.05) is 0 Å². The van der Waals surface area contributed by atoms with E-state index in [2.05, 4.69) is 4.74 Å². The van der Waals surface area contributed by atoms with Crippen molar-refractivity contribution in [3.8, 4) is 0 Å². The quantitative estimate of drug-likeness (QED) is 0.631. The van der Waals surface area contributed by atoms with Gasteiger partial charge in [0.2, 0.25) is 0 Å². The lowest BCUT2D eigenvalue weighted by Gasteiger charge is -1.98. The normalized spacial score (nSPS) is 8.90. The molecule has 10 heavy (non-hydrogen) atoms.